The van der Waals surface area contributed by atoms with Crippen molar-refractivity contribution in [3.63, 3.8) is 0 Å². The molecule has 14 aromatic carbocycles. The molecule has 0 bridgehead atoms. The van der Waals surface area contributed by atoms with E-state index in [1.54, 1.807) is 0 Å². The van der Waals surface area contributed by atoms with Gasteiger partial charge in [-0.3, -0.25) is 0 Å². The van der Waals surface area contributed by atoms with Crippen molar-refractivity contribution < 1.29 is 0 Å². The van der Waals surface area contributed by atoms with Gasteiger partial charge in [0.25, 0.3) is 0 Å². The average molecular weight is 1640 g/mol. The maximum absolute atomic E-state index is 2.64. The molecule has 14 aromatic rings. The lowest BCUT2D eigenvalue weighted by atomic mass is 9.79. The summed E-state index contributed by atoms with van der Waals surface area (Å²) in [6.45, 7) is 51.5. The van der Waals surface area contributed by atoms with E-state index in [9.17, 15) is 0 Å². The van der Waals surface area contributed by atoms with E-state index >= 15 is 0 Å². The minimum Gasteiger partial charge on any atom is -0.121 e. The molecular formula is C116H120S4. The van der Waals surface area contributed by atoms with Crippen LogP contribution in [0.4, 0.5) is 0 Å². The van der Waals surface area contributed by atoms with Crippen molar-refractivity contribution >= 4 is 47.0 Å². The van der Waals surface area contributed by atoms with E-state index in [0.29, 0.717) is 25.7 Å². The lowest BCUT2D eigenvalue weighted by molar-refractivity contribution is 0.587. The predicted molar refractivity (Wildman–Crippen MR) is 532 cm³/mol. The Morgan fingerprint density at radius 2 is 0.342 bits per heavy atom. The zero-order valence-corrected chi connectivity index (χ0v) is 78.8. The Balaban J connectivity index is 1.10. The summed E-state index contributed by atoms with van der Waals surface area (Å²) < 4.78 is 2.57. The van der Waals surface area contributed by atoms with Gasteiger partial charge in [-0.05, 0) is 393 Å². The third kappa shape index (κ3) is 17.6. The van der Waals surface area contributed by atoms with Crippen molar-refractivity contribution in [3.8, 4) is 89.0 Å². The van der Waals surface area contributed by atoms with E-state index in [-0.39, 0.29) is 10.8 Å². The van der Waals surface area contributed by atoms with Crippen LogP contribution in [0.15, 0.2) is 261 Å². The molecule has 0 spiro atoms. The second-order valence-electron chi connectivity index (χ2n) is 36.1. The highest BCUT2D eigenvalue weighted by molar-refractivity contribution is 8.28. The highest BCUT2D eigenvalue weighted by Gasteiger charge is 2.32. The molecule has 0 amide bonds. The normalized spacial score (nSPS) is 12.1. The SMILES string of the molecule is CS/C(Sc1c(Cc2c(-c3c(C)cccc3C)cccc2-c2c(C)cccc2C)cc(C(C)(C)C)cc1Cc1c(-c2c(C)cccc2C)cccc1-c1c(C)cccc1C)=C(/SC)Sc1c(Cc2c(-c3c(C)cccc3C)cccc2-c2c(C)cccc2C)cc(C(C)(C)C)cc1Cc1c(-c2c(C)cccc2C)cccc1-c1c(C)cccc1C. The number of thioether (sulfide) groups is 4. The van der Waals surface area contributed by atoms with Gasteiger partial charge in [0.05, 0.1) is 8.47 Å². The first kappa shape index (κ1) is 86.6. The molecule has 0 saturated carbocycles. The van der Waals surface area contributed by atoms with Crippen LogP contribution in [-0.4, -0.2) is 12.5 Å². The van der Waals surface area contributed by atoms with Crippen LogP contribution in [0.5, 0.6) is 0 Å². The molecule has 608 valence electrons. The number of hydrogen-bond acceptors (Lipinski definition) is 4. The molecule has 0 aliphatic heterocycles. The van der Waals surface area contributed by atoms with E-state index in [4.69, 9.17) is 0 Å². The Bertz CT molecular complexity index is 5160. The van der Waals surface area contributed by atoms with Crippen molar-refractivity contribution in [1.29, 1.82) is 0 Å². The number of benzene rings is 14. The molecule has 0 unspecified atom stereocenters. The van der Waals surface area contributed by atoms with Gasteiger partial charge < -0.3 is 0 Å². The maximum Gasteiger partial charge on any atom is 0.0651 e. The van der Waals surface area contributed by atoms with Gasteiger partial charge in [0.15, 0.2) is 0 Å². The molecule has 0 aromatic heterocycles. The van der Waals surface area contributed by atoms with Gasteiger partial charge in [-0.1, -0.05) is 308 Å². The highest BCUT2D eigenvalue weighted by Crippen LogP contribution is 2.55. The molecule has 0 N–H and O–H groups in total. The monoisotopic (exact) mass is 1640 g/mol. The van der Waals surface area contributed by atoms with Crippen LogP contribution in [0.1, 0.15) is 186 Å². The molecule has 0 aliphatic rings. The fourth-order valence-corrected chi connectivity index (χ4v) is 23.9. The molecule has 4 heteroatoms. The third-order valence-corrected chi connectivity index (χ3v) is 30.7. The molecule has 120 heavy (non-hydrogen) atoms. The van der Waals surface area contributed by atoms with Gasteiger partial charge in [-0.25, -0.2) is 0 Å². The first-order valence-corrected chi connectivity index (χ1v) is 46.9. The summed E-state index contributed by atoms with van der Waals surface area (Å²) >= 11 is 7.87. The molecule has 0 fully saturated rings. The first-order chi connectivity index (χ1) is 57.3. The van der Waals surface area contributed by atoms with Gasteiger partial charge in [0, 0.05) is 9.79 Å². The van der Waals surface area contributed by atoms with Crippen molar-refractivity contribution in [2.45, 2.75) is 199 Å². The smallest absolute Gasteiger partial charge is 0.0651 e. The van der Waals surface area contributed by atoms with Gasteiger partial charge in [-0.15, -0.1) is 23.5 Å². The maximum atomic E-state index is 2.64. The van der Waals surface area contributed by atoms with Gasteiger partial charge in [0.2, 0.25) is 0 Å². The number of rotatable bonds is 22. The summed E-state index contributed by atoms with van der Waals surface area (Å²) in [6.07, 6.45) is 7.51. The van der Waals surface area contributed by atoms with Crippen LogP contribution in [0.25, 0.3) is 89.0 Å². The van der Waals surface area contributed by atoms with Crippen LogP contribution in [-0.2, 0) is 36.5 Å². The fraction of sp³-hybridized carbons (Fsp3) is 0.259. The topological polar surface area (TPSA) is 0 Å². The molecule has 0 saturated heterocycles. The van der Waals surface area contributed by atoms with Gasteiger partial charge in [0.1, 0.15) is 0 Å². The molecular weight excluding hydrogens is 1520 g/mol. The summed E-state index contributed by atoms with van der Waals surface area (Å²) in [7, 11) is 0. The number of hydrogen-bond donors (Lipinski definition) is 0. The lowest BCUT2D eigenvalue weighted by Gasteiger charge is -2.28. The Labute approximate surface area is 737 Å². The first-order valence-electron chi connectivity index (χ1n) is 42.9. The van der Waals surface area contributed by atoms with E-state index in [2.05, 4.69) is 407 Å². The molecule has 0 atom stereocenters. The summed E-state index contributed by atoms with van der Waals surface area (Å²) in [5.74, 6) is 0. The van der Waals surface area contributed by atoms with Crippen molar-refractivity contribution in [3.05, 3.63) is 396 Å². The molecule has 0 nitrogen and oxygen atoms in total. The summed E-state index contributed by atoms with van der Waals surface area (Å²) in [6, 6.07) is 94.1. The Morgan fingerprint density at radius 3 is 0.467 bits per heavy atom. The third-order valence-electron chi connectivity index (χ3n) is 25.3. The zero-order chi connectivity index (χ0) is 85.5. The second kappa shape index (κ2) is 36.1. The van der Waals surface area contributed by atoms with Crippen molar-refractivity contribution in [1.82, 2.24) is 0 Å². The molecule has 0 heterocycles. The summed E-state index contributed by atoms with van der Waals surface area (Å²) in [4.78, 5) is 2.63. The van der Waals surface area contributed by atoms with Gasteiger partial charge >= 0.3 is 0 Å². The number of aryl methyl sites for hydroxylation is 16. The minimum absolute atomic E-state index is 0.219. The second-order valence-corrected chi connectivity index (χ2v) is 40.3. The molecule has 0 aliphatic carbocycles. The minimum atomic E-state index is -0.219. The summed E-state index contributed by atoms with van der Waals surface area (Å²) in [5.41, 5.74) is 54.3. The van der Waals surface area contributed by atoms with Crippen LogP contribution in [0.3, 0.4) is 0 Å². The van der Waals surface area contributed by atoms with Crippen molar-refractivity contribution in [2.75, 3.05) is 12.5 Å². The fourth-order valence-electron chi connectivity index (χ4n) is 19.3. The molecule has 14 rings (SSSR count). The Hall–Kier alpha value is -9.78. The zero-order valence-electron chi connectivity index (χ0n) is 75.6. The van der Waals surface area contributed by atoms with Crippen LogP contribution in [0.2, 0.25) is 0 Å². The summed E-state index contributed by atoms with van der Waals surface area (Å²) in [5, 5.41) is 0. The van der Waals surface area contributed by atoms with E-state index in [1.165, 1.54) is 252 Å². The molecule has 0 radical (unpaired) electrons. The predicted octanol–water partition coefficient (Wildman–Crippen LogP) is 33.7. The standard InChI is InChI=1S/C116H120S4/c1-69-37-25-38-70(2)103(69)91-53-33-54-92(104-71(3)39-26-40-72(104)4)99(91)65-85-61-89(115(17,18)19)62-86(66-100-93(105-73(5)41-27-42-74(105)6)55-34-56-94(100)106-75(7)43-28-44-76(106)8)111(85)119-113(117-23)114(118-24)120-112-87(67-101-95(107-77(9)45-29-46-78(107)10)57-35-58-96(101)108-79(11)47-30-48-80(108)12)63-90(116(20,21)22)64-88(112)68-102-97(109-81(13)49-31-50-82(109)14)59-36-60-98(102)110-83(15)51-32-52-84(110)16/h25-64H,65-68H2,1-24H3/b114-113+. The lowest BCUT2D eigenvalue weighted by Crippen LogP contribution is -2.14. The van der Waals surface area contributed by atoms with Crippen molar-refractivity contribution in [2.24, 2.45) is 0 Å². The highest BCUT2D eigenvalue weighted by atomic mass is 32.2. The quantitative estimate of drug-likeness (QED) is 0.0620. The largest absolute Gasteiger partial charge is 0.121 e. The van der Waals surface area contributed by atoms with Crippen LogP contribution >= 0.6 is 47.0 Å². The van der Waals surface area contributed by atoms with Crippen LogP contribution in [0, 0.1) is 111 Å². The van der Waals surface area contributed by atoms with Gasteiger partial charge in [-0.2, -0.15) is 0 Å². The van der Waals surface area contributed by atoms with E-state index in [0.717, 1.165) is 0 Å². The Kier molecular flexibility index (Phi) is 26.1. The van der Waals surface area contributed by atoms with E-state index < -0.39 is 0 Å². The van der Waals surface area contributed by atoms with E-state index in [1.807, 2.05) is 47.0 Å². The average Bonchev–Trinajstić information content (AvgIpc) is 0.751. The van der Waals surface area contributed by atoms with Crippen LogP contribution < -0.4 is 0 Å². The Morgan fingerprint density at radius 1 is 0.208 bits per heavy atom.